The molecule has 0 saturated carbocycles. The van der Waals surface area contributed by atoms with Crippen LogP contribution in [0.5, 0.6) is 0 Å². The first-order valence-electron chi connectivity index (χ1n) is 8.21. The summed E-state index contributed by atoms with van der Waals surface area (Å²) in [6.07, 6.45) is 2.10. The predicted molar refractivity (Wildman–Crippen MR) is 99.9 cm³/mol. The third-order valence-corrected chi connectivity index (χ3v) is 4.75. The molecule has 4 rings (SSSR count). The van der Waals surface area contributed by atoms with Gasteiger partial charge in [-0.1, -0.05) is 35.9 Å². The molecule has 0 bridgehead atoms. The predicted octanol–water partition coefficient (Wildman–Crippen LogP) is 5.17. The normalized spacial score (nSPS) is 11.2. The number of carbonyl (C=O) groups is 1. The molecule has 26 heavy (non-hydrogen) atoms. The van der Waals surface area contributed by atoms with Crippen molar-refractivity contribution in [2.24, 2.45) is 0 Å². The molecule has 2 N–H and O–H groups in total. The number of halogens is 2. The van der Waals surface area contributed by atoms with E-state index in [-0.39, 0.29) is 24.4 Å². The van der Waals surface area contributed by atoms with Crippen LogP contribution in [-0.4, -0.2) is 21.0 Å². The Morgan fingerprint density at radius 2 is 2.00 bits per heavy atom. The standard InChI is InChI=1S/C20H15ClFN3O/c21-15-5-3-6-16(22)13(15)8-9-19(26)12-10-18(23-11-12)20-14-4-1-2-7-17(14)24-25-20/h1-7,10-11,23H,8-9H2,(H,24,25). The summed E-state index contributed by atoms with van der Waals surface area (Å²) in [5, 5.41) is 8.61. The van der Waals surface area contributed by atoms with E-state index in [9.17, 15) is 9.18 Å². The second kappa shape index (κ2) is 6.77. The maximum atomic E-state index is 13.8. The van der Waals surface area contributed by atoms with E-state index in [4.69, 9.17) is 11.6 Å². The number of aromatic amines is 2. The Bertz CT molecular complexity index is 1080. The average Bonchev–Trinajstić information content (AvgIpc) is 3.28. The van der Waals surface area contributed by atoms with Crippen molar-refractivity contribution in [1.29, 1.82) is 0 Å². The van der Waals surface area contributed by atoms with Gasteiger partial charge in [0.05, 0.1) is 11.2 Å². The number of aromatic nitrogens is 3. The Kier molecular flexibility index (Phi) is 4.31. The van der Waals surface area contributed by atoms with Crippen molar-refractivity contribution in [3.05, 3.63) is 76.7 Å². The highest BCUT2D eigenvalue weighted by Crippen LogP contribution is 2.26. The van der Waals surface area contributed by atoms with E-state index in [0.717, 1.165) is 22.3 Å². The van der Waals surface area contributed by atoms with E-state index in [1.54, 1.807) is 24.4 Å². The number of hydrogen-bond acceptors (Lipinski definition) is 2. The first kappa shape index (κ1) is 16.5. The number of Topliss-reactive ketones (excluding diaryl/α,β-unsaturated/α-hetero) is 1. The molecule has 0 aliphatic rings. The van der Waals surface area contributed by atoms with E-state index in [0.29, 0.717) is 16.1 Å². The van der Waals surface area contributed by atoms with Gasteiger partial charge in [0.15, 0.2) is 5.78 Å². The summed E-state index contributed by atoms with van der Waals surface area (Å²) in [5.74, 6) is -0.463. The van der Waals surface area contributed by atoms with Crippen molar-refractivity contribution in [3.8, 4) is 11.4 Å². The molecule has 2 heterocycles. The molecule has 2 aromatic heterocycles. The summed E-state index contributed by atoms with van der Waals surface area (Å²) in [4.78, 5) is 15.6. The zero-order chi connectivity index (χ0) is 18.1. The number of ketones is 1. The summed E-state index contributed by atoms with van der Waals surface area (Å²) < 4.78 is 13.8. The molecule has 0 aliphatic carbocycles. The highest BCUT2D eigenvalue weighted by atomic mass is 35.5. The van der Waals surface area contributed by atoms with Crippen molar-refractivity contribution in [3.63, 3.8) is 0 Å². The fraction of sp³-hybridized carbons (Fsp3) is 0.100. The van der Waals surface area contributed by atoms with Crippen LogP contribution in [0.3, 0.4) is 0 Å². The number of para-hydroxylation sites is 1. The van der Waals surface area contributed by atoms with Crippen LogP contribution in [-0.2, 0) is 6.42 Å². The van der Waals surface area contributed by atoms with Crippen molar-refractivity contribution in [2.45, 2.75) is 12.8 Å². The molecule has 0 saturated heterocycles. The van der Waals surface area contributed by atoms with Crippen LogP contribution in [0.15, 0.2) is 54.7 Å². The Hall–Kier alpha value is -2.92. The van der Waals surface area contributed by atoms with Gasteiger partial charge in [0, 0.05) is 34.2 Å². The van der Waals surface area contributed by atoms with E-state index < -0.39 is 0 Å². The maximum Gasteiger partial charge on any atom is 0.164 e. The van der Waals surface area contributed by atoms with Gasteiger partial charge in [-0.2, -0.15) is 5.10 Å². The van der Waals surface area contributed by atoms with Gasteiger partial charge >= 0.3 is 0 Å². The molecule has 0 aliphatic heterocycles. The third-order valence-electron chi connectivity index (χ3n) is 4.39. The summed E-state index contributed by atoms with van der Waals surface area (Å²) in [6.45, 7) is 0. The zero-order valence-electron chi connectivity index (χ0n) is 13.7. The van der Waals surface area contributed by atoms with Crippen LogP contribution in [0.1, 0.15) is 22.3 Å². The minimum Gasteiger partial charge on any atom is -0.359 e. The van der Waals surface area contributed by atoms with Crippen LogP contribution in [0.2, 0.25) is 5.02 Å². The van der Waals surface area contributed by atoms with E-state index >= 15 is 0 Å². The minimum atomic E-state index is -0.386. The first-order valence-corrected chi connectivity index (χ1v) is 8.59. The number of nitrogens with one attached hydrogen (secondary N) is 2. The molecule has 0 fully saturated rings. The van der Waals surface area contributed by atoms with Crippen molar-refractivity contribution in [1.82, 2.24) is 15.2 Å². The summed E-state index contributed by atoms with van der Waals surface area (Å²) in [5.41, 5.74) is 3.36. The monoisotopic (exact) mass is 367 g/mol. The molecular formula is C20H15ClFN3O. The molecule has 4 aromatic rings. The third kappa shape index (κ3) is 3.02. The van der Waals surface area contributed by atoms with E-state index in [2.05, 4.69) is 15.2 Å². The van der Waals surface area contributed by atoms with Crippen LogP contribution in [0, 0.1) is 5.82 Å². The van der Waals surface area contributed by atoms with Crippen LogP contribution in [0.4, 0.5) is 4.39 Å². The fourth-order valence-electron chi connectivity index (χ4n) is 3.01. The number of fused-ring (bicyclic) bond motifs is 1. The largest absolute Gasteiger partial charge is 0.359 e. The Labute approximate surface area is 154 Å². The van der Waals surface area contributed by atoms with Crippen molar-refractivity contribution < 1.29 is 9.18 Å². The number of rotatable bonds is 5. The molecule has 0 spiro atoms. The second-order valence-corrected chi connectivity index (χ2v) is 6.45. The highest BCUT2D eigenvalue weighted by Gasteiger charge is 2.15. The lowest BCUT2D eigenvalue weighted by Crippen LogP contribution is -2.01. The highest BCUT2D eigenvalue weighted by molar-refractivity contribution is 6.31. The number of hydrogen-bond donors (Lipinski definition) is 2. The first-order chi connectivity index (χ1) is 12.6. The molecule has 0 atom stereocenters. The molecule has 0 unspecified atom stereocenters. The van der Waals surface area contributed by atoms with Gasteiger partial charge in [-0.15, -0.1) is 0 Å². The van der Waals surface area contributed by atoms with Gasteiger partial charge in [-0.25, -0.2) is 4.39 Å². The van der Waals surface area contributed by atoms with Gasteiger partial charge in [0.25, 0.3) is 0 Å². The van der Waals surface area contributed by atoms with Gasteiger partial charge < -0.3 is 4.98 Å². The Morgan fingerprint density at radius 3 is 2.85 bits per heavy atom. The van der Waals surface area contributed by atoms with Crippen LogP contribution < -0.4 is 0 Å². The van der Waals surface area contributed by atoms with Crippen molar-refractivity contribution in [2.75, 3.05) is 0 Å². The van der Waals surface area contributed by atoms with E-state index in [1.165, 1.54) is 6.07 Å². The summed E-state index contributed by atoms with van der Waals surface area (Å²) >= 11 is 6.02. The minimum absolute atomic E-state index is 0.0772. The molecular weight excluding hydrogens is 353 g/mol. The number of H-pyrrole nitrogens is 2. The maximum absolute atomic E-state index is 13.8. The van der Waals surface area contributed by atoms with Gasteiger partial charge in [-0.3, -0.25) is 9.89 Å². The lowest BCUT2D eigenvalue weighted by molar-refractivity contribution is 0.0983. The number of carbonyl (C=O) groups excluding carboxylic acids is 1. The van der Waals surface area contributed by atoms with Gasteiger partial charge in [0.1, 0.15) is 11.5 Å². The molecule has 0 radical (unpaired) electrons. The lowest BCUT2D eigenvalue weighted by atomic mass is 10.0. The smallest absolute Gasteiger partial charge is 0.164 e. The Balaban J connectivity index is 1.53. The average molecular weight is 368 g/mol. The number of benzene rings is 2. The topological polar surface area (TPSA) is 61.5 Å². The summed E-state index contributed by atoms with van der Waals surface area (Å²) in [7, 11) is 0. The molecule has 0 amide bonds. The molecule has 130 valence electrons. The number of nitrogens with zero attached hydrogens (tertiary/aromatic N) is 1. The fourth-order valence-corrected chi connectivity index (χ4v) is 3.27. The van der Waals surface area contributed by atoms with Gasteiger partial charge in [-0.05, 0) is 30.7 Å². The quantitative estimate of drug-likeness (QED) is 0.478. The Morgan fingerprint density at radius 1 is 1.15 bits per heavy atom. The van der Waals surface area contributed by atoms with Crippen LogP contribution in [0.25, 0.3) is 22.3 Å². The van der Waals surface area contributed by atoms with Gasteiger partial charge in [0.2, 0.25) is 0 Å². The lowest BCUT2D eigenvalue weighted by Gasteiger charge is -2.04. The molecule has 2 aromatic carbocycles. The van der Waals surface area contributed by atoms with Crippen molar-refractivity contribution >= 4 is 28.3 Å². The summed E-state index contributed by atoms with van der Waals surface area (Å²) in [6, 6.07) is 14.1. The zero-order valence-corrected chi connectivity index (χ0v) is 14.5. The second-order valence-electron chi connectivity index (χ2n) is 6.04. The van der Waals surface area contributed by atoms with E-state index in [1.807, 2.05) is 24.3 Å². The molecule has 4 nitrogen and oxygen atoms in total. The van der Waals surface area contributed by atoms with Crippen LogP contribution >= 0.6 is 11.6 Å². The SMILES string of the molecule is O=C(CCc1c(F)cccc1Cl)c1c[nH]c(-c2n[nH]c3ccccc23)c1. The molecule has 6 heteroatoms.